The van der Waals surface area contributed by atoms with E-state index in [1.807, 2.05) is 56.3 Å². The number of hydrogen-bond acceptors (Lipinski definition) is 6. The summed E-state index contributed by atoms with van der Waals surface area (Å²) in [6.45, 7) is 4.02. The van der Waals surface area contributed by atoms with E-state index in [0.29, 0.717) is 17.0 Å². The van der Waals surface area contributed by atoms with Crippen LogP contribution in [0.2, 0.25) is 0 Å². The van der Waals surface area contributed by atoms with Gasteiger partial charge in [-0.2, -0.15) is 0 Å². The van der Waals surface area contributed by atoms with Crippen LogP contribution in [0.25, 0.3) is 10.2 Å². The Morgan fingerprint density at radius 1 is 1.03 bits per heavy atom. The van der Waals surface area contributed by atoms with Gasteiger partial charge >= 0.3 is 0 Å². The second kappa shape index (κ2) is 10.1. The number of rotatable bonds is 7. The van der Waals surface area contributed by atoms with Crippen LogP contribution < -0.4 is 15.4 Å². The molecule has 4 aromatic rings. The summed E-state index contributed by atoms with van der Waals surface area (Å²) in [5.41, 5.74) is 5.01. The summed E-state index contributed by atoms with van der Waals surface area (Å²) in [4.78, 5) is 29.7. The Kier molecular flexibility index (Phi) is 6.96. The number of hydrogen-bond donors (Lipinski definition) is 2. The number of thioether (sulfide) groups is 1. The molecule has 1 heterocycles. The van der Waals surface area contributed by atoms with E-state index in [9.17, 15) is 9.59 Å². The van der Waals surface area contributed by atoms with Crippen molar-refractivity contribution >= 4 is 56.5 Å². The summed E-state index contributed by atoms with van der Waals surface area (Å²) in [6.07, 6.45) is 0. The zero-order valence-electron chi connectivity index (χ0n) is 18.5. The smallest absolute Gasteiger partial charge is 0.259 e. The van der Waals surface area contributed by atoms with Crippen LogP contribution in [0.15, 0.2) is 65.0 Å². The molecule has 8 heteroatoms. The zero-order valence-corrected chi connectivity index (χ0v) is 20.1. The number of aromatic nitrogens is 1. The number of nitrogens with zero attached hydrogens (tertiary/aromatic N) is 1. The zero-order chi connectivity index (χ0) is 23.4. The molecule has 3 aromatic carbocycles. The van der Waals surface area contributed by atoms with Gasteiger partial charge < -0.3 is 15.4 Å². The maximum atomic E-state index is 12.7. The van der Waals surface area contributed by atoms with Gasteiger partial charge in [0.25, 0.3) is 5.91 Å². The number of thiazole rings is 1. The molecule has 0 saturated carbocycles. The number of methoxy groups -OCH3 is 1. The first-order valence-electron chi connectivity index (χ1n) is 10.3. The first-order valence-corrected chi connectivity index (χ1v) is 12.1. The average Bonchev–Trinajstić information content (AvgIpc) is 3.23. The number of para-hydroxylation sites is 1. The summed E-state index contributed by atoms with van der Waals surface area (Å²) in [7, 11) is 1.54. The fourth-order valence-electron chi connectivity index (χ4n) is 3.27. The Morgan fingerprint density at radius 3 is 2.67 bits per heavy atom. The van der Waals surface area contributed by atoms with Crippen molar-refractivity contribution in [3.63, 3.8) is 0 Å². The number of carbonyl (C=O) groups excluding carboxylic acids is 2. The third kappa shape index (κ3) is 5.35. The predicted molar refractivity (Wildman–Crippen MR) is 136 cm³/mol. The normalized spacial score (nSPS) is 10.8. The highest BCUT2D eigenvalue weighted by atomic mass is 32.2. The van der Waals surface area contributed by atoms with Crippen molar-refractivity contribution in [1.29, 1.82) is 0 Å². The molecule has 4 rings (SSSR count). The van der Waals surface area contributed by atoms with Gasteiger partial charge in [-0.25, -0.2) is 4.98 Å². The molecule has 0 atom stereocenters. The van der Waals surface area contributed by atoms with E-state index in [1.54, 1.807) is 18.2 Å². The number of anilines is 2. The van der Waals surface area contributed by atoms with Gasteiger partial charge in [-0.3, -0.25) is 9.59 Å². The SMILES string of the molecule is COc1ccccc1C(=O)Nc1ccc2nc(SCC(=O)Nc3cccc(C)c3C)sc2c1. The molecular weight excluding hydrogens is 454 g/mol. The van der Waals surface area contributed by atoms with E-state index in [4.69, 9.17) is 4.74 Å². The molecule has 0 spiro atoms. The van der Waals surface area contributed by atoms with Gasteiger partial charge in [-0.05, 0) is 61.4 Å². The van der Waals surface area contributed by atoms with Gasteiger partial charge in [-0.1, -0.05) is 36.0 Å². The summed E-state index contributed by atoms with van der Waals surface area (Å²) in [5.74, 6) is 0.475. The van der Waals surface area contributed by atoms with E-state index in [-0.39, 0.29) is 17.6 Å². The highest BCUT2D eigenvalue weighted by molar-refractivity contribution is 8.01. The summed E-state index contributed by atoms with van der Waals surface area (Å²) in [6, 6.07) is 18.5. The molecule has 0 aliphatic rings. The minimum atomic E-state index is -0.242. The van der Waals surface area contributed by atoms with Crippen LogP contribution in [-0.2, 0) is 4.79 Å². The fraction of sp³-hybridized carbons (Fsp3) is 0.160. The average molecular weight is 478 g/mol. The van der Waals surface area contributed by atoms with Gasteiger partial charge in [0, 0.05) is 11.4 Å². The molecule has 6 nitrogen and oxygen atoms in total. The second-order valence-electron chi connectivity index (χ2n) is 7.40. The maximum absolute atomic E-state index is 12.7. The molecule has 1 aromatic heterocycles. The molecule has 33 heavy (non-hydrogen) atoms. The molecule has 168 valence electrons. The van der Waals surface area contributed by atoms with Crippen LogP contribution in [0.1, 0.15) is 21.5 Å². The number of ether oxygens (including phenoxy) is 1. The highest BCUT2D eigenvalue weighted by Crippen LogP contribution is 2.32. The highest BCUT2D eigenvalue weighted by Gasteiger charge is 2.13. The Bertz CT molecular complexity index is 1330. The molecule has 0 fully saturated rings. The molecule has 2 N–H and O–H groups in total. The third-order valence-electron chi connectivity index (χ3n) is 5.18. The van der Waals surface area contributed by atoms with Gasteiger partial charge in [0.1, 0.15) is 5.75 Å². The number of carbonyl (C=O) groups is 2. The van der Waals surface area contributed by atoms with Crippen LogP contribution >= 0.6 is 23.1 Å². The first-order chi connectivity index (χ1) is 15.9. The summed E-state index contributed by atoms with van der Waals surface area (Å²) < 4.78 is 7.01. The fourth-order valence-corrected chi connectivity index (χ4v) is 5.18. The van der Waals surface area contributed by atoms with E-state index >= 15 is 0 Å². The Morgan fingerprint density at radius 2 is 1.85 bits per heavy atom. The first kappa shape index (κ1) is 22.8. The van der Waals surface area contributed by atoms with Crippen molar-refractivity contribution in [3.05, 3.63) is 77.4 Å². The lowest BCUT2D eigenvalue weighted by Crippen LogP contribution is -2.15. The summed E-state index contributed by atoms with van der Waals surface area (Å²) >= 11 is 2.89. The van der Waals surface area contributed by atoms with Gasteiger partial charge in [0.15, 0.2) is 4.34 Å². The molecule has 0 radical (unpaired) electrons. The molecular formula is C25H23N3O3S2. The molecule has 0 bridgehead atoms. The number of nitrogens with one attached hydrogen (secondary N) is 2. The number of fused-ring (bicyclic) bond motifs is 1. The maximum Gasteiger partial charge on any atom is 0.259 e. The van der Waals surface area contributed by atoms with Crippen molar-refractivity contribution in [2.45, 2.75) is 18.2 Å². The van der Waals surface area contributed by atoms with Crippen molar-refractivity contribution in [2.75, 3.05) is 23.5 Å². The predicted octanol–water partition coefficient (Wildman–Crippen LogP) is 5.90. The van der Waals surface area contributed by atoms with Crippen LogP contribution in [0.5, 0.6) is 5.75 Å². The van der Waals surface area contributed by atoms with E-state index in [1.165, 1.54) is 30.2 Å². The standard InChI is InChI=1S/C25H23N3O3S2/c1-15-7-6-9-19(16(15)2)27-23(29)14-32-25-28-20-12-11-17(13-22(20)33-25)26-24(30)18-8-4-5-10-21(18)31-3/h4-13H,14H2,1-3H3,(H,26,30)(H,27,29). The minimum absolute atomic E-state index is 0.0716. The number of amides is 2. The lowest BCUT2D eigenvalue weighted by molar-refractivity contribution is -0.113. The van der Waals surface area contributed by atoms with Crippen molar-refractivity contribution in [1.82, 2.24) is 4.98 Å². The number of aryl methyl sites for hydroxylation is 1. The largest absolute Gasteiger partial charge is 0.496 e. The lowest BCUT2D eigenvalue weighted by atomic mass is 10.1. The van der Waals surface area contributed by atoms with Crippen molar-refractivity contribution in [2.24, 2.45) is 0 Å². The Hall–Kier alpha value is -3.36. The van der Waals surface area contributed by atoms with Crippen molar-refractivity contribution < 1.29 is 14.3 Å². The van der Waals surface area contributed by atoms with Crippen LogP contribution in [0, 0.1) is 13.8 Å². The van der Waals surface area contributed by atoms with Gasteiger partial charge in [0.05, 0.1) is 28.6 Å². The topological polar surface area (TPSA) is 80.3 Å². The molecule has 2 amide bonds. The van der Waals surface area contributed by atoms with E-state index in [2.05, 4.69) is 15.6 Å². The molecule has 0 saturated heterocycles. The molecule has 0 aliphatic carbocycles. The molecule has 0 aliphatic heterocycles. The van der Waals surface area contributed by atoms with Crippen LogP contribution in [0.3, 0.4) is 0 Å². The lowest BCUT2D eigenvalue weighted by Gasteiger charge is -2.09. The quantitative estimate of drug-likeness (QED) is 0.324. The van der Waals surface area contributed by atoms with Crippen molar-refractivity contribution in [3.8, 4) is 5.75 Å². The van der Waals surface area contributed by atoms with E-state index in [0.717, 1.165) is 31.4 Å². The van der Waals surface area contributed by atoms with Gasteiger partial charge in [-0.15, -0.1) is 11.3 Å². The Balaban J connectivity index is 1.41. The van der Waals surface area contributed by atoms with E-state index < -0.39 is 0 Å². The minimum Gasteiger partial charge on any atom is -0.496 e. The third-order valence-corrected chi connectivity index (χ3v) is 7.34. The van der Waals surface area contributed by atoms with Crippen LogP contribution in [0.4, 0.5) is 11.4 Å². The summed E-state index contributed by atoms with van der Waals surface area (Å²) in [5, 5.41) is 5.88. The van der Waals surface area contributed by atoms with Gasteiger partial charge in [0.2, 0.25) is 5.91 Å². The monoisotopic (exact) mass is 477 g/mol. The molecule has 0 unspecified atom stereocenters. The number of benzene rings is 3. The second-order valence-corrected chi connectivity index (χ2v) is 9.65. The van der Waals surface area contributed by atoms with Crippen LogP contribution in [-0.4, -0.2) is 29.7 Å². The Labute approximate surface area is 200 Å².